The van der Waals surface area contributed by atoms with Crippen molar-refractivity contribution in [1.29, 1.82) is 0 Å². The van der Waals surface area contributed by atoms with Crippen molar-refractivity contribution in [2.24, 2.45) is 0 Å². The van der Waals surface area contributed by atoms with Crippen molar-refractivity contribution in [3.05, 3.63) is 33.2 Å². The Hall–Kier alpha value is -1.62. The van der Waals surface area contributed by atoms with Gasteiger partial charge in [-0.05, 0) is 25.1 Å². The van der Waals surface area contributed by atoms with Gasteiger partial charge in [0.05, 0.1) is 0 Å². The Bertz CT molecular complexity index is 534. The van der Waals surface area contributed by atoms with Gasteiger partial charge in [0, 0.05) is 31.7 Å². The Labute approximate surface area is 106 Å². The minimum Gasteiger partial charge on any atom is -0.477 e. The molecule has 0 unspecified atom stereocenters. The van der Waals surface area contributed by atoms with Crippen molar-refractivity contribution in [3.63, 3.8) is 0 Å². The molecule has 0 bridgehead atoms. The minimum atomic E-state index is -1.14. The fourth-order valence-corrected chi connectivity index (χ4v) is 2.47. The van der Waals surface area contributed by atoms with Gasteiger partial charge in [-0.3, -0.25) is 4.79 Å². The molecule has 1 aliphatic heterocycles. The molecule has 0 saturated carbocycles. The van der Waals surface area contributed by atoms with E-state index in [2.05, 4.69) is 4.90 Å². The molecule has 2 heterocycles. The third kappa shape index (κ3) is 2.18. The normalized spacial score (nSPS) is 15.4. The standard InChI is InChI=1S/C13H18N2O3/c1-3-5-15-11-4-6-14(2)8-9(11)7-10(12(15)16)13(17)18/h7H,3-6,8H2,1-2H3,(H,17,18). The van der Waals surface area contributed by atoms with Gasteiger partial charge in [0.15, 0.2) is 0 Å². The molecule has 0 spiro atoms. The van der Waals surface area contributed by atoms with Crippen LogP contribution in [0.3, 0.4) is 0 Å². The van der Waals surface area contributed by atoms with Crippen LogP contribution in [0.4, 0.5) is 0 Å². The Morgan fingerprint density at radius 1 is 1.50 bits per heavy atom. The number of aromatic nitrogens is 1. The molecule has 1 aliphatic rings. The van der Waals surface area contributed by atoms with E-state index in [0.29, 0.717) is 13.1 Å². The molecule has 0 fully saturated rings. The van der Waals surface area contributed by atoms with E-state index in [0.717, 1.165) is 30.6 Å². The predicted molar refractivity (Wildman–Crippen MR) is 68.0 cm³/mol. The molecule has 0 radical (unpaired) electrons. The average molecular weight is 250 g/mol. The van der Waals surface area contributed by atoms with E-state index >= 15 is 0 Å². The second-order valence-electron chi connectivity index (χ2n) is 4.78. The zero-order valence-electron chi connectivity index (χ0n) is 10.8. The van der Waals surface area contributed by atoms with Crippen molar-refractivity contribution in [3.8, 4) is 0 Å². The monoisotopic (exact) mass is 250 g/mol. The summed E-state index contributed by atoms with van der Waals surface area (Å²) in [5, 5.41) is 9.10. The minimum absolute atomic E-state index is 0.113. The highest BCUT2D eigenvalue weighted by atomic mass is 16.4. The average Bonchev–Trinajstić information content (AvgIpc) is 2.32. The first-order valence-corrected chi connectivity index (χ1v) is 6.22. The van der Waals surface area contributed by atoms with Crippen LogP contribution in [0.2, 0.25) is 0 Å². The summed E-state index contributed by atoms with van der Waals surface area (Å²) < 4.78 is 1.64. The topological polar surface area (TPSA) is 62.5 Å². The molecule has 5 heteroatoms. The van der Waals surface area contributed by atoms with Crippen LogP contribution in [0.25, 0.3) is 0 Å². The maximum absolute atomic E-state index is 12.1. The molecule has 2 rings (SSSR count). The van der Waals surface area contributed by atoms with E-state index in [4.69, 9.17) is 5.11 Å². The van der Waals surface area contributed by atoms with Crippen LogP contribution in [-0.2, 0) is 19.5 Å². The number of rotatable bonds is 3. The first kappa shape index (κ1) is 12.8. The number of carboxylic acid groups (broad SMARTS) is 1. The molecule has 0 amide bonds. The number of aromatic carboxylic acids is 1. The second kappa shape index (κ2) is 4.94. The summed E-state index contributed by atoms with van der Waals surface area (Å²) >= 11 is 0. The van der Waals surface area contributed by atoms with Gasteiger partial charge in [-0.2, -0.15) is 0 Å². The number of hydrogen-bond acceptors (Lipinski definition) is 3. The van der Waals surface area contributed by atoms with Gasteiger partial charge in [0.1, 0.15) is 5.56 Å². The number of pyridine rings is 1. The maximum atomic E-state index is 12.1. The van der Waals surface area contributed by atoms with E-state index in [9.17, 15) is 9.59 Å². The number of fused-ring (bicyclic) bond motifs is 1. The van der Waals surface area contributed by atoms with Crippen LogP contribution in [0, 0.1) is 0 Å². The maximum Gasteiger partial charge on any atom is 0.341 e. The predicted octanol–water partition coefficient (Wildman–Crippen LogP) is 0.944. The van der Waals surface area contributed by atoms with E-state index in [1.54, 1.807) is 10.6 Å². The summed E-state index contributed by atoms with van der Waals surface area (Å²) in [6.45, 7) is 4.19. The molecule has 98 valence electrons. The van der Waals surface area contributed by atoms with Gasteiger partial charge in [0.2, 0.25) is 0 Å². The number of likely N-dealkylation sites (N-methyl/N-ethyl adjacent to an activating group) is 1. The summed E-state index contributed by atoms with van der Waals surface area (Å²) in [5.41, 5.74) is 1.49. The van der Waals surface area contributed by atoms with Crippen molar-refractivity contribution < 1.29 is 9.90 Å². The first-order chi connectivity index (χ1) is 8.54. The number of nitrogens with zero attached hydrogens (tertiary/aromatic N) is 2. The van der Waals surface area contributed by atoms with Crippen LogP contribution in [-0.4, -0.2) is 34.1 Å². The molecular formula is C13H18N2O3. The lowest BCUT2D eigenvalue weighted by Gasteiger charge is -2.27. The van der Waals surface area contributed by atoms with Gasteiger partial charge in [-0.15, -0.1) is 0 Å². The SMILES string of the molecule is CCCn1c2c(cc(C(=O)O)c1=O)CN(C)CC2. The van der Waals surface area contributed by atoms with Crippen LogP contribution in [0.15, 0.2) is 10.9 Å². The lowest BCUT2D eigenvalue weighted by atomic mass is 10.0. The molecule has 1 aromatic heterocycles. The largest absolute Gasteiger partial charge is 0.477 e. The third-order valence-electron chi connectivity index (χ3n) is 3.34. The van der Waals surface area contributed by atoms with Crippen molar-refractivity contribution in [2.45, 2.75) is 32.9 Å². The Balaban J connectivity index is 2.62. The highest BCUT2D eigenvalue weighted by Gasteiger charge is 2.22. The first-order valence-electron chi connectivity index (χ1n) is 6.22. The Morgan fingerprint density at radius 3 is 2.83 bits per heavy atom. The summed E-state index contributed by atoms with van der Waals surface area (Å²) in [5.74, 6) is -1.14. The Kier molecular flexibility index (Phi) is 3.52. The summed E-state index contributed by atoms with van der Waals surface area (Å²) in [6.07, 6.45) is 1.63. The van der Waals surface area contributed by atoms with Crippen molar-refractivity contribution in [2.75, 3.05) is 13.6 Å². The van der Waals surface area contributed by atoms with Crippen LogP contribution in [0.5, 0.6) is 0 Å². The molecular weight excluding hydrogens is 232 g/mol. The zero-order valence-corrected chi connectivity index (χ0v) is 10.8. The van der Waals surface area contributed by atoms with Gasteiger partial charge < -0.3 is 14.6 Å². The fourth-order valence-electron chi connectivity index (χ4n) is 2.47. The summed E-state index contributed by atoms with van der Waals surface area (Å²) in [6, 6.07) is 1.54. The fraction of sp³-hybridized carbons (Fsp3) is 0.538. The van der Waals surface area contributed by atoms with E-state index in [1.165, 1.54) is 0 Å². The number of carbonyl (C=O) groups is 1. The van der Waals surface area contributed by atoms with Crippen LogP contribution in [0.1, 0.15) is 35.0 Å². The summed E-state index contributed by atoms with van der Waals surface area (Å²) in [7, 11) is 2.00. The third-order valence-corrected chi connectivity index (χ3v) is 3.34. The van der Waals surface area contributed by atoms with E-state index in [-0.39, 0.29) is 11.1 Å². The number of carboxylic acids is 1. The van der Waals surface area contributed by atoms with Gasteiger partial charge in [0.25, 0.3) is 5.56 Å². The van der Waals surface area contributed by atoms with Crippen LogP contribution < -0.4 is 5.56 Å². The van der Waals surface area contributed by atoms with Gasteiger partial charge >= 0.3 is 5.97 Å². The van der Waals surface area contributed by atoms with Gasteiger partial charge in [-0.25, -0.2) is 4.79 Å². The quantitative estimate of drug-likeness (QED) is 0.867. The molecule has 1 N–H and O–H groups in total. The Morgan fingerprint density at radius 2 is 2.22 bits per heavy atom. The molecule has 5 nitrogen and oxygen atoms in total. The molecule has 1 aromatic rings. The molecule has 18 heavy (non-hydrogen) atoms. The summed E-state index contributed by atoms with van der Waals surface area (Å²) in [4.78, 5) is 25.4. The van der Waals surface area contributed by atoms with Crippen molar-refractivity contribution in [1.82, 2.24) is 9.47 Å². The lowest BCUT2D eigenvalue weighted by molar-refractivity contribution is 0.0693. The zero-order chi connectivity index (χ0) is 13.3. The molecule has 0 aliphatic carbocycles. The molecule has 0 atom stereocenters. The van der Waals surface area contributed by atoms with Crippen molar-refractivity contribution >= 4 is 5.97 Å². The second-order valence-corrected chi connectivity index (χ2v) is 4.78. The lowest BCUT2D eigenvalue weighted by Crippen LogP contribution is -2.36. The number of hydrogen-bond donors (Lipinski definition) is 1. The molecule has 0 saturated heterocycles. The van der Waals surface area contributed by atoms with E-state index < -0.39 is 5.97 Å². The highest BCUT2D eigenvalue weighted by molar-refractivity contribution is 5.87. The van der Waals surface area contributed by atoms with Gasteiger partial charge in [-0.1, -0.05) is 6.92 Å². The molecule has 0 aromatic carbocycles. The smallest absolute Gasteiger partial charge is 0.341 e. The highest BCUT2D eigenvalue weighted by Crippen LogP contribution is 2.18. The van der Waals surface area contributed by atoms with E-state index in [1.807, 2.05) is 14.0 Å². The van der Waals surface area contributed by atoms with Crippen LogP contribution >= 0.6 is 0 Å².